The van der Waals surface area contributed by atoms with Gasteiger partial charge in [0.05, 0.1) is 22.2 Å². The van der Waals surface area contributed by atoms with Crippen molar-refractivity contribution in [1.82, 2.24) is 9.88 Å². The summed E-state index contributed by atoms with van der Waals surface area (Å²) in [5.74, 6) is 0.893. The van der Waals surface area contributed by atoms with Gasteiger partial charge in [-0.25, -0.2) is 4.98 Å². The molecule has 5 nitrogen and oxygen atoms in total. The number of hydrogen-bond donors (Lipinski definition) is 0. The van der Waals surface area contributed by atoms with Crippen LogP contribution in [0.25, 0.3) is 0 Å². The molecule has 33 heavy (non-hydrogen) atoms. The lowest BCUT2D eigenvalue weighted by molar-refractivity contribution is 0.0980. The first-order valence-corrected chi connectivity index (χ1v) is 11.6. The van der Waals surface area contributed by atoms with Gasteiger partial charge in [-0.05, 0) is 56.8 Å². The molecule has 0 amide bonds. The molecule has 3 aromatic rings. The Kier molecular flexibility index (Phi) is 9.39. The van der Waals surface area contributed by atoms with Crippen LogP contribution >= 0.6 is 34.8 Å². The van der Waals surface area contributed by atoms with Crippen LogP contribution in [0.15, 0.2) is 54.7 Å². The average molecular weight is 508 g/mol. The number of benzene rings is 2. The molecule has 0 saturated carbocycles. The summed E-state index contributed by atoms with van der Waals surface area (Å²) >= 11 is 18.3. The normalized spacial score (nSPS) is 11.0. The van der Waals surface area contributed by atoms with Gasteiger partial charge in [-0.1, -0.05) is 46.9 Å². The topological polar surface area (TPSA) is 51.7 Å². The number of rotatable bonds is 11. The summed E-state index contributed by atoms with van der Waals surface area (Å²) in [4.78, 5) is 19.3. The minimum atomic E-state index is -0.0819. The van der Waals surface area contributed by atoms with Crippen LogP contribution in [0.4, 0.5) is 0 Å². The van der Waals surface area contributed by atoms with Crippen LogP contribution in [-0.4, -0.2) is 42.9 Å². The van der Waals surface area contributed by atoms with E-state index in [9.17, 15) is 4.79 Å². The quantitative estimate of drug-likeness (QED) is 0.207. The van der Waals surface area contributed by atoms with Crippen LogP contribution in [0, 0.1) is 0 Å². The SMILES string of the molecule is CN(C)CCCOc1cc(Cl)c(Cl)cc1Oc1ncccc1C(=O)CCc1ccc(Cl)cc1. The maximum Gasteiger partial charge on any atom is 0.230 e. The molecular weight excluding hydrogens is 483 g/mol. The van der Waals surface area contributed by atoms with Crippen molar-refractivity contribution in [3.05, 3.63) is 80.9 Å². The van der Waals surface area contributed by atoms with Gasteiger partial charge in [0.1, 0.15) is 0 Å². The number of nitrogens with zero attached hydrogens (tertiary/aromatic N) is 2. The maximum atomic E-state index is 12.9. The van der Waals surface area contributed by atoms with Crippen LogP contribution in [0.2, 0.25) is 15.1 Å². The van der Waals surface area contributed by atoms with Gasteiger partial charge in [0.15, 0.2) is 17.3 Å². The second-order valence-corrected chi connectivity index (χ2v) is 8.98. The van der Waals surface area contributed by atoms with Crippen molar-refractivity contribution in [1.29, 1.82) is 0 Å². The smallest absolute Gasteiger partial charge is 0.230 e. The third kappa shape index (κ3) is 7.61. The summed E-state index contributed by atoms with van der Waals surface area (Å²) in [5, 5.41) is 1.33. The van der Waals surface area contributed by atoms with Crippen LogP contribution < -0.4 is 9.47 Å². The monoisotopic (exact) mass is 506 g/mol. The molecular formula is C25H25Cl3N2O3. The molecule has 0 radical (unpaired) electrons. The first kappa shape index (κ1) is 25.3. The summed E-state index contributed by atoms with van der Waals surface area (Å²) < 4.78 is 11.9. The van der Waals surface area contributed by atoms with Crippen LogP contribution in [0.1, 0.15) is 28.8 Å². The molecule has 174 valence electrons. The van der Waals surface area contributed by atoms with E-state index in [1.54, 1.807) is 30.5 Å². The number of ether oxygens (including phenoxy) is 2. The van der Waals surface area contributed by atoms with Gasteiger partial charge in [0.2, 0.25) is 5.88 Å². The van der Waals surface area contributed by atoms with Crippen molar-refractivity contribution in [3.63, 3.8) is 0 Å². The van der Waals surface area contributed by atoms with Crippen molar-refractivity contribution in [3.8, 4) is 17.4 Å². The van der Waals surface area contributed by atoms with Crippen molar-refractivity contribution < 1.29 is 14.3 Å². The molecule has 0 spiro atoms. The van der Waals surface area contributed by atoms with E-state index >= 15 is 0 Å². The zero-order valence-corrected chi connectivity index (χ0v) is 20.8. The third-order valence-electron chi connectivity index (χ3n) is 4.83. The fraction of sp³-hybridized carbons (Fsp3) is 0.280. The van der Waals surface area contributed by atoms with Crippen molar-refractivity contribution in [2.45, 2.75) is 19.3 Å². The number of pyridine rings is 1. The van der Waals surface area contributed by atoms with E-state index in [0.29, 0.717) is 51.6 Å². The third-order valence-corrected chi connectivity index (χ3v) is 5.80. The largest absolute Gasteiger partial charge is 0.490 e. The highest BCUT2D eigenvalue weighted by Crippen LogP contribution is 2.39. The maximum absolute atomic E-state index is 12.9. The predicted molar refractivity (Wildman–Crippen MR) is 134 cm³/mol. The first-order valence-electron chi connectivity index (χ1n) is 10.5. The minimum Gasteiger partial charge on any atom is -0.490 e. The molecule has 8 heteroatoms. The highest BCUT2D eigenvalue weighted by atomic mass is 35.5. The van der Waals surface area contributed by atoms with E-state index in [1.807, 2.05) is 38.4 Å². The average Bonchev–Trinajstić information content (AvgIpc) is 2.79. The summed E-state index contributed by atoms with van der Waals surface area (Å²) in [7, 11) is 4.00. The Hall–Kier alpha value is -2.31. The fourth-order valence-electron chi connectivity index (χ4n) is 3.10. The Bertz CT molecular complexity index is 1090. The second-order valence-electron chi connectivity index (χ2n) is 7.73. The van der Waals surface area contributed by atoms with Crippen molar-refractivity contribution in [2.24, 2.45) is 0 Å². The Morgan fingerprint density at radius 2 is 1.70 bits per heavy atom. The minimum absolute atomic E-state index is 0.0819. The van der Waals surface area contributed by atoms with Gasteiger partial charge in [0.25, 0.3) is 0 Å². The molecule has 0 saturated heterocycles. The van der Waals surface area contributed by atoms with Gasteiger partial charge in [-0.3, -0.25) is 4.79 Å². The van der Waals surface area contributed by atoms with Gasteiger partial charge in [-0.2, -0.15) is 0 Å². The highest BCUT2D eigenvalue weighted by molar-refractivity contribution is 6.42. The molecule has 0 fully saturated rings. The lowest BCUT2D eigenvalue weighted by Gasteiger charge is -2.15. The van der Waals surface area contributed by atoms with Gasteiger partial charge in [-0.15, -0.1) is 0 Å². The van der Waals surface area contributed by atoms with E-state index in [4.69, 9.17) is 44.3 Å². The van der Waals surface area contributed by atoms with E-state index < -0.39 is 0 Å². The van der Waals surface area contributed by atoms with Crippen LogP contribution in [-0.2, 0) is 6.42 Å². The molecule has 0 bridgehead atoms. The molecule has 0 atom stereocenters. The molecule has 0 aliphatic carbocycles. The van der Waals surface area contributed by atoms with Crippen molar-refractivity contribution >= 4 is 40.6 Å². The number of hydrogen-bond acceptors (Lipinski definition) is 5. The van der Waals surface area contributed by atoms with Gasteiger partial charge < -0.3 is 14.4 Å². The van der Waals surface area contributed by atoms with Crippen LogP contribution in [0.3, 0.4) is 0 Å². The molecule has 0 N–H and O–H groups in total. The van der Waals surface area contributed by atoms with Crippen molar-refractivity contribution in [2.75, 3.05) is 27.2 Å². The number of carbonyl (C=O) groups excluding carboxylic acids is 1. The fourth-order valence-corrected chi connectivity index (χ4v) is 3.53. The van der Waals surface area contributed by atoms with Gasteiger partial charge >= 0.3 is 0 Å². The molecule has 0 aliphatic rings. The zero-order chi connectivity index (χ0) is 23.8. The highest BCUT2D eigenvalue weighted by Gasteiger charge is 2.18. The lowest BCUT2D eigenvalue weighted by atomic mass is 10.0. The number of ketones is 1. The predicted octanol–water partition coefficient (Wildman–Crippen LogP) is 6.98. The molecule has 1 aromatic heterocycles. The Morgan fingerprint density at radius 1 is 1.00 bits per heavy atom. The van der Waals surface area contributed by atoms with Gasteiger partial charge in [0, 0.05) is 36.3 Å². The zero-order valence-electron chi connectivity index (χ0n) is 18.5. The number of Topliss-reactive ketones (excluding diaryl/α,β-unsaturated/α-hetero) is 1. The van der Waals surface area contributed by atoms with E-state index in [2.05, 4.69) is 9.88 Å². The van der Waals surface area contributed by atoms with Crippen LogP contribution in [0.5, 0.6) is 17.4 Å². The first-order chi connectivity index (χ1) is 15.8. The number of aromatic nitrogens is 1. The van der Waals surface area contributed by atoms with E-state index in [0.717, 1.165) is 18.5 Å². The summed E-state index contributed by atoms with van der Waals surface area (Å²) in [6.07, 6.45) is 3.28. The summed E-state index contributed by atoms with van der Waals surface area (Å²) in [5.41, 5.74) is 1.41. The lowest BCUT2D eigenvalue weighted by Crippen LogP contribution is -2.15. The number of aryl methyl sites for hydroxylation is 1. The molecule has 0 unspecified atom stereocenters. The van der Waals surface area contributed by atoms with E-state index in [-0.39, 0.29) is 11.7 Å². The Balaban J connectivity index is 1.75. The molecule has 3 rings (SSSR count). The Labute approximate surface area is 209 Å². The van der Waals surface area contributed by atoms with E-state index in [1.165, 1.54) is 0 Å². The summed E-state index contributed by atoms with van der Waals surface area (Å²) in [6.45, 7) is 1.35. The molecule has 1 heterocycles. The molecule has 0 aliphatic heterocycles. The second kappa shape index (κ2) is 12.2. The Morgan fingerprint density at radius 3 is 2.39 bits per heavy atom. The number of carbonyl (C=O) groups is 1. The molecule has 2 aromatic carbocycles. The summed E-state index contributed by atoms with van der Waals surface area (Å²) in [6, 6.07) is 14.0. The number of halogens is 3. The standard InChI is InChI=1S/C25H25Cl3N2O3/c1-30(2)13-4-14-32-23-15-20(27)21(28)16-24(23)33-25-19(5-3-12-29-25)22(31)11-8-17-6-9-18(26)10-7-17/h3,5-7,9-10,12,15-16H,4,8,11,13-14H2,1-2H3.